The molecule has 0 radical (unpaired) electrons. The molecule has 2 heteroatoms. The van der Waals surface area contributed by atoms with Crippen molar-refractivity contribution in [3.05, 3.63) is 71.3 Å². The fourth-order valence-electron chi connectivity index (χ4n) is 3.05. The molecule has 1 atom stereocenters. The third-order valence-electron chi connectivity index (χ3n) is 4.36. The first-order chi connectivity index (χ1) is 10.4. The Morgan fingerprint density at radius 2 is 1.71 bits per heavy atom. The van der Waals surface area contributed by atoms with Crippen LogP contribution in [0, 0.1) is 0 Å². The lowest BCUT2D eigenvalue weighted by Crippen LogP contribution is -2.45. The minimum atomic E-state index is 0.478. The number of aryl methyl sites for hydroxylation is 1. The predicted molar refractivity (Wildman–Crippen MR) is 88.3 cm³/mol. The van der Waals surface area contributed by atoms with Crippen LogP contribution in [0.1, 0.15) is 29.7 Å². The van der Waals surface area contributed by atoms with Crippen LogP contribution in [0.4, 0.5) is 0 Å². The van der Waals surface area contributed by atoms with Crippen LogP contribution in [0.3, 0.4) is 0 Å². The van der Waals surface area contributed by atoms with Gasteiger partial charge >= 0.3 is 0 Å². The van der Waals surface area contributed by atoms with E-state index in [9.17, 15) is 0 Å². The first kappa shape index (κ1) is 14.3. The van der Waals surface area contributed by atoms with Crippen molar-refractivity contribution in [2.75, 3.05) is 19.6 Å². The lowest BCUT2D eigenvalue weighted by atomic mass is 10.0. The summed E-state index contributed by atoms with van der Waals surface area (Å²) in [7, 11) is 0. The summed E-state index contributed by atoms with van der Waals surface area (Å²) in [6.45, 7) is 6.46. The normalized spacial score (nSPS) is 19.6. The molecule has 0 aliphatic carbocycles. The molecule has 0 bridgehead atoms. The summed E-state index contributed by atoms with van der Waals surface area (Å²) in [5.41, 5.74) is 4.24. The third-order valence-corrected chi connectivity index (χ3v) is 4.36. The highest BCUT2D eigenvalue weighted by atomic mass is 15.2. The van der Waals surface area contributed by atoms with E-state index in [0.717, 1.165) is 32.6 Å². The lowest BCUT2D eigenvalue weighted by molar-refractivity contribution is 0.154. The number of hydrogen-bond donors (Lipinski definition) is 1. The van der Waals surface area contributed by atoms with Crippen LogP contribution >= 0.6 is 0 Å². The molecule has 1 heterocycles. The number of nitrogens with one attached hydrogen (secondary N) is 1. The highest BCUT2D eigenvalue weighted by Crippen LogP contribution is 2.24. The van der Waals surface area contributed by atoms with Gasteiger partial charge in [-0.2, -0.15) is 0 Å². The summed E-state index contributed by atoms with van der Waals surface area (Å²) in [4.78, 5) is 2.59. The first-order valence-corrected chi connectivity index (χ1v) is 7.94. The molecule has 1 aliphatic rings. The molecule has 1 N–H and O–H groups in total. The Morgan fingerprint density at radius 1 is 1.00 bits per heavy atom. The second kappa shape index (κ2) is 6.88. The summed E-state index contributed by atoms with van der Waals surface area (Å²) >= 11 is 0. The van der Waals surface area contributed by atoms with Crippen LogP contribution < -0.4 is 5.32 Å². The van der Waals surface area contributed by atoms with Crippen molar-refractivity contribution in [1.29, 1.82) is 0 Å². The molecule has 3 rings (SSSR count). The third kappa shape index (κ3) is 3.52. The van der Waals surface area contributed by atoms with Gasteiger partial charge in [0.2, 0.25) is 0 Å². The van der Waals surface area contributed by atoms with Gasteiger partial charge in [0, 0.05) is 32.2 Å². The summed E-state index contributed by atoms with van der Waals surface area (Å²) in [6, 6.07) is 20.4. The molecule has 1 aliphatic heterocycles. The number of nitrogens with zero attached hydrogens (tertiary/aromatic N) is 1. The van der Waals surface area contributed by atoms with Gasteiger partial charge in [-0.15, -0.1) is 0 Å². The molecule has 21 heavy (non-hydrogen) atoms. The van der Waals surface area contributed by atoms with Gasteiger partial charge < -0.3 is 5.32 Å². The van der Waals surface area contributed by atoms with E-state index < -0.39 is 0 Å². The maximum absolute atomic E-state index is 3.53. The summed E-state index contributed by atoms with van der Waals surface area (Å²) < 4.78 is 0. The molecular formula is C19H24N2. The van der Waals surface area contributed by atoms with Gasteiger partial charge in [0.15, 0.2) is 0 Å². The van der Waals surface area contributed by atoms with Crippen LogP contribution in [0.2, 0.25) is 0 Å². The van der Waals surface area contributed by atoms with Gasteiger partial charge in [-0.25, -0.2) is 0 Å². The zero-order chi connectivity index (χ0) is 14.5. The van der Waals surface area contributed by atoms with Crippen molar-refractivity contribution in [3.63, 3.8) is 0 Å². The highest BCUT2D eigenvalue weighted by Gasteiger charge is 2.23. The SMILES string of the molecule is CCc1ccc(CN2CCNCC2c2ccccc2)cc1. The Labute approximate surface area is 127 Å². The topological polar surface area (TPSA) is 15.3 Å². The van der Waals surface area contributed by atoms with Crippen LogP contribution in [0.5, 0.6) is 0 Å². The van der Waals surface area contributed by atoms with E-state index in [1.54, 1.807) is 0 Å². The van der Waals surface area contributed by atoms with Crippen LogP contribution in [0.15, 0.2) is 54.6 Å². The van der Waals surface area contributed by atoms with E-state index in [2.05, 4.69) is 71.7 Å². The number of rotatable bonds is 4. The second-order valence-electron chi connectivity index (χ2n) is 5.77. The van der Waals surface area contributed by atoms with Gasteiger partial charge in [-0.05, 0) is 23.1 Å². The monoisotopic (exact) mass is 280 g/mol. The molecule has 1 fully saturated rings. The number of benzene rings is 2. The molecule has 2 aromatic carbocycles. The van der Waals surface area contributed by atoms with Crippen molar-refractivity contribution in [2.45, 2.75) is 25.9 Å². The van der Waals surface area contributed by atoms with Crippen LogP contribution in [0.25, 0.3) is 0 Å². The molecule has 0 amide bonds. The molecule has 0 aromatic heterocycles. The molecule has 1 unspecified atom stereocenters. The fraction of sp³-hybridized carbons (Fsp3) is 0.368. The van der Waals surface area contributed by atoms with Crippen LogP contribution in [-0.4, -0.2) is 24.5 Å². The van der Waals surface area contributed by atoms with Crippen LogP contribution in [-0.2, 0) is 13.0 Å². The summed E-state index contributed by atoms with van der Waals surface area (Å²) in [5, 5.41) is 3.53. The van der Waals surface area contributed by atoms with Gasteiger partial charge in [0.05, 0.1) is 0 Å². The Balaban J connectivity index is 1.75. The van der Waals surface area contributed by atoms with E-state index >= 15 is 0 Å². The maximum atomic E-state index is 3.53. The minimum absolute atomic E-state index is 0.478. The molecule has 0 saturated carbocycles. The van der Waals surface area contributed by atoms with Crippen molar-refractivity contribution in [2.24, 2.45) is 0 Å². The van der Waals surface area contributed by atoms with Crippen molar-refractivity contribution >= 4 is 0 Å². The molecule has 1 saturated heterocycles. The first-order valence-electron chi connectivity index (χ1n) is 7.94. The highest BCUT2D eigenvalue weighted by molar-refractivity contribution is 5.24. The Hall–Kier alpha value is -1.64. The quantitative estimate of drug-likeness (QED) is 0.923. The van der Waals surface area contributed by atoms with Gasteiger partial charge in [-0.3, -0.25) is 4.90 Å². The van der Waals surface area contributed by atoms with Gasteiger partial charge in [0.25, 0.3) is 0 Å². The molecule has 110 valence electrons. The smallest absolute Gasteiger partial charge is 0.0476 e. The standard InChI is InChI=1S/C19H24N2/c1-2-16-8-10-17(11-9-16)15-21-13-12-20-14-19(21)18-6-4-3-5-7-18/h3-11,19-20H,2,12-15H2,1H3. The predicted octanol–water partition coefficient (Wildman–Crippen LogP) is 3.40. The minimum Gasteiger partial charge on any atom is -0.314 e. The fourth-order valence-corrected chi connectivity index (χ4v) is 3.05. The van der Waals surface area contributed by atoms with Gasteiger partial charge in [-0.1, -0.05) is 61.5 Å². The van der Waals surface area contributed by atoms with Crippen molar-refractivity contribution < 1.29 is 0 Å². The molecule has 0 spiro atoms. The Bertz CT molecular complexity index is 548. The molecular weight excluding hydrogens is 256 g/mol. The molecule has 2 aromatic rings. The van der Waals surface area contributed by atoms with E-state index in [1.807, 2.05) is 0 Å². The lowest BCUT2D eigenvalue weighted by Gasteiger charge is -2.36. The number of hydrogen-bond acceptors (Lipinski definition) is 2. The second-order valence-corrected chi connectivity index (χ2v) is 5.77. The van der Waals surface area contributed by atoms with Crippen molar-refractivity contribution in [3.8, 4) is 0 Å². The average molecular weight is 280 g/mol. The molecule has 2 nitrogen and oxygen atoms in total. The average Bonchev–Trinajstić information content (AvgIpc) is 2.57. The zero-order valence-electron chi connectivity index (χ0n) is 12.8. The van der Waals surface area contributed by atoms with E-state index in [4.69, 9.17) is 0 Å². The van der Waals surface area contributed by atoms with Gasteiger partial charge in [0.1, 0.15) is 0 Å². The summed E-state index contributed by atoms with van der Waals surface area (Å²) in [5.74, 6) is 0. The van der Waals surface area contributed by atoms with Crippen molar-refractivity contribution in [1.82, 2.24) is 10.2 Å². The zero-order valence-corrected chi connectivity index (χ0v) is 12.8. The van der Waals surface area contributed by atoms with E-state index in [0.29, 0.717) is 6.04 Å². The maximum Gasteiger partial charge on any atom is 0.0476 e. The summed E-state index contributed by atoms with van der Waals surface area (Å²) in [6.07, 6.45) is 1.11. The largest absolute Gasteiger partial charge is 0.314 e. The Kier molecular flexibility index (Phi) is 4.69. The van der Waals surface area contributed by atoms with E-state index in [-0.39, 0.29) is 0 Å². The van der Waals surface area contributed by atoms with E-state index in [1.165, 1.54) is 16.7 Å². The number of piperazine rings is 1. The Morgan fingerprint density at radius 3 is 2.43 bits per heavy atom.